The summed E-state index contributed by atoms with van der Waals surface area (Å²) in [6, 6.07) is 12.1. The van der Waals surface area contributed by atoms with Gasteiger partial charge in [-0.3, -0.25) is 19.0 Å². The first-order valence-corrected chi connectivity index (χ1v) is 9.81. The molecule has 31 heavy (non-hydrogen) atoms. The molecule has 1 N–H and O–H groups in total. The lowest BCUT2D eigenvalue weighted by Gasteiger charge is -2.09. The van der Waals surface area contributed by atoms with Crippen molar-refractivity contribution in [2.24, 2.45) is 7.05 Å². The Morgan fingerprint density at radius 2 is 1.84 bits per heavy atom. The molecule has 156 valence electrons. The summed E-state index contributed by atoms with van der Waals surface area (Å²) in [5, 5.41) is 3.32. The Kier molecular flexibility index (Phi) is 5.44. The number of rotatable bonds is 6. The minimum atomic E-state index is -0.237. The minimum Gasteiger partial charge on any atom is -0.331 e. The third-order valence-electron chi connectivity index (χ3n) is 5.09. The van der Waals surface area contributed by atoms with Crippen molar-refractivity contribution in [1.82, 2.24) is 19.1 Å². The molecule has 4 aromatic rings. The molecule has 1 amide bonds. The average molecular weight is 415 g/mol. The molecule has 0 radical (unpaired) electrons. The predicted molar refractivity (Wildman–Crippen MR) is 117 cm³/mol. The molecule has 4 rings (SSSR count). The molecule has 0 unspecified atom stereocenters. The van der Waals surface area contributed by atoms with Crippen LogP contribution in [-0.2, 0) is 18.4 Å². The number of benzene rings is 2. The maximum absolute atomic E-state index is 12.6. The summed E-state index contributed by atoms with van der Waals surface area (Å²) < 4.78 is 3.10. The number of para-hydroxylation sites is 1. The highest BCUT2D eigenvalue weighted by Crippen LogP contribution is 2.14. The van der Waals surface area contributed by atoms with E-state index in [-0.39, 0.29) is 30.2 Å². The zero-order valence-electron chi connectivity index (χ0n) is 17.2. The van der Waals surface area contributed by atoms with Crippen molar-refractivity contribution < 1.29 is 9.59 Å². The van der Waals surface area contributed by atoms with Crippen LogP contribution in [0.25, 0.3) is 10.9 Å². The molecule has 0 atom stereocenters. The van der Waals surface area contributed by atoms with Gasteiger partial charge in [0.2, 0.25) is 11.7 Å². The van der Waals surface area contributed by atoms with Crippen LogP contribution in [0.2, 0.25) is 0 Å². The maximum atomic E-state index is 12.6. The molecule has 0 fully saturated rings. The first-order valence-electron chi connectivity index (χ1n) is 9.81. The molecule has 0 aliphatic heterocycles. The van der Waals surface area contributed by atoms with Crippen molar-refractivity contribution in [2.45, 2.75) is 19.9 Å². The molecule has 0 saturated carbocycles. The van der Waals surface area contributed by atoms with Gasteiger partial charge in [-0.1, -0.05) is 12.1 Å². The lowest BCUT2D eigenvalue weighted by Crippen LogP contribution is -2.23. The second kappa shape index (κ2) is 8.35. The van der Waals surface area contributed by atoms with Gasteiger partial charge in [0.1, 0.15) is 0 Å². The highest BCUT2D eigenvalue weighted by atomic mass is 16.2. The highest BCUT2D eigenvalue weighted by Gasteiger charge is 2.14. The van der Waals surface area contributed by atoms with Gasteiger partial charge < -0.3 is 9.88 Å². The van der Waals surface area contributed by atoms with Gasteiger partial charge in [0.05, 0.1) is 17.2 Å². The molecule has 0 saturated heterocycles. The van der Waals surface area contributed by atoms with E-state index in [0.717, 1.165) is 5.56 Å². The second-order valence-corrected chi connectivity index (χ2v) is 7.28. The highest BCUT2D eigenvalue weighted by molar-refractivity contribution is 6.07. The Balaban J connectivity index is 1.40. The number of carbonyl (C=O) groups is 2. The van der Waals surface area contributed by atoms with Crippen LogP contribution in [0.1, 0.15) is 28.2 Å². The first-order chi connectivity index (χ1) is 14.9. The molecule has 0 aliphatic rings. The Morgan fingerprint density at radius 3 is 2.55 bits per heavy atom. The van der Waals surface area contributed by atoms with Crippen molar-refractivity contribution in [1.29, 1.82) is 0 Å². The summed E-state index contributed by atoms with van der Waals surface area (Å²) in [6.07, 6.45) is 4.87. The summed E-state index contributed by atoms with van der Waals surface area (Å²) in [5.74, 6) is -0.0791. The van der Waals surface area contributed by atoms with E-state index in [4.69, 9.17) is 0 Å². The van der Waals surface area contributed by atoms with Crippen LogP contribution in [0.3, 0.4) is 0 Å². The quantitative estimate of drug-likeness (QED) is 0.488. The van der Waals surface area contributed by atoms with E-state index in [1.165, 1.54) is 10.9 Å². The van der Waals surface area contributed by atoms with Crippen LogP contribution in [-0.4, -0.2) is 30.8 Å². The number of nitrogens with zero attached hydrogens (tertiary/aromatic N) is 4. The topological polar surface area (TPSA) is 98.9 Å². The fourth-order valence-electron chi connectivity index (χ4n) is 3.36. The number of aromatic nitrogens is 4. The normalized spacial score (nSPS) is 10.9. The number of carbonyl (C=O) groups excluding carboxylic acids is 2. The van der Waals surface area contributed by atoms with Gasteiger partial charge in [-0.25, -0.2) is 9.97 Å². The Morgan fingerprint density at radius 1 is 1.06 bits per heavy atom. The fraction of sp³-hybridized carbons (Fsp3) is 0.174. The summed E-state index contributed by atoms with van der Waals surface area (Å²) >= 11 is 0. The number of hydrogen-bond acceptors (Lipinski definition) is 5. The fourth-order valence-corrected chi connectivity index (χ4v) is 3.36. The van der Waals surface area contributed by atoms with E-state index in [0.29, 0.717) is 28.0 Å². The van der Waals surface area contributed by atoms with E-state index in [9.17, 15) is 14.4 Å². The van der Waals surface area contributed by atoms with Crippen LogP contribution in [0.15, 0.2) is 66.0 Å². The van der Waals surface area contributed by atoms with Gasteiger partial charge in [-0.05, 0) is 42.8 Å². The van der Waals surface area contributed by atoms with Crippen LogP contribution in [0.5, 0.6) is 0 Å². The summed E-state index contributed by atoms with van der Waals surface area (Å²) in [4.78, 5) is 45.8. The van der Waals surface area contributed by atoms with Crippen LogP contribution in [0, 0.1) is 6.92 Å². The van der Waals surface area contributed by atoms with E-state index >= 15 is 0 Å². The third kappa shape index (κ3) is 4.13. The Hall–Kier alpha value is -4.07. The van der Waals surface area contributed by atoms with Crippen LogP contribution in [0.4, 0.5) is 5.69 Å². The van der Waals surface area contributed by atoms with Gasteiger partial charge in [-0.2, -0.15) is 0 Å². The summed E-state index contributed by atoms with van der Waals surface area (Å²) in [6.45, 7) is 2.12. The number of ketones is 1. The van der Waals surface area contributed by atoms with Crippen molar-refractivity contribution in [3.8, 4) is 0 Å². The SMILES string of the molecule is Cc1cccc2c(=O)n(CCC(=O)Nc3ccc(C(=O)c4nccn4C)cc3)cnc12. The van der Waals surface area contributed by atoms with Gasteiger partial charge in [-0.15, -0.1) is 0 Å². The molecule has 2 aromatic carbocycles. The molecule has 0 aliphatic carbocycles. The summed E-state index contributed by atoms with van der Waals surface area (Å²) in [7, 11) is 1.76. The minimum absolute atomic E-state index is 0.118. The molecular weight excluding hydrogens is 394 g/mol. The summed E-state index contributed by atoms with van der Waals surface area (Å²) in [5.41, 5.74) is 2.49. The van der Waals surface area contributed by atoms with Crippen molar-refractivity contribution in [3.63, 3.8) is 0 Å². The Labute approximate surface area is 178 Å². The maximum Gasteiger partial charge on any atom is 0.261 e. The number of hydrogen-bond donors (Lipinski definition) is 1. The standard InChI is InChI=1S/C23H21N5O3/c1-15-4-3-5-18-20(15)25-14-28(23(18)31)12-10-19(29)26-17-8-6-16(7-9-17)21(30)22-24-11-13-27(22)2/h3-9,11,13-14H,10,12H2,1-2H3,(H,26,29). The van der Waals surface area contributed by atoms with E-state index in [2.05, 4.69) is 15.3 Å². The lowest BCUT2D eigenvalue weighted by molar-refractivity contribution is -0.116. The molecule has 2 heterocycles. The van der Waals surface area contributed by atoms with E-state index in [1.807, 2.05) is 19.1 Å². The Bertz CT molecular complexity index is 1340. The molecule has 8 heteroatoms. The van der Waals surface area contributed by atoms with Crippen molar-refractivity contribution >= 4 is 28.3 Å². The average Bonchev–Trinajstić information content (AvgIpc) is 3.20. The van der Waals surface area contributed by atoms with E-state index in [1.54, 1.807) is 54.3 Å². The van der Waals surface area contributed by atoms with Crippen LogP contribution >= 0.6 is 0 Å². The number of imidazole rings is 1. The number of fused-ring (bicyclic) bond motifs is 1. The van der Waals surface area contributed by atoms with Gasteiger partial charge in [0.15, 0.2) is 5.82 Å². The monoisotopic (exact) mass is 415 g/mol. The molecule has 8 nitrogen and oxygen atoms in total. The largest absolute Gasteiger partial charge is 0.331 e. The predicted octanol–water partition coefficient (Wildman–Crippen LogP) is 2.70. The smallest absolute Gasteiger partial charge is 0.261 e. The zero-order valence-corrected chi connectivity index (χ0v) is 17.2. The molecular formula is C23H21N5O3. The van der Waals surface area contributed by atoms with E-state index < -0.39 is 0 Å². The first kappa shape index (κ1) is 20.2. The van der Waals surface area contributed by atoms with Crippen molar-refractivity contribution in [3.05, 3.63) is 88.5 Å². The number of amides is 1. The number of aryl methyl sites for hydroxylation is 3. The molecule has 0 spiro atoms. The van der Waals surface area contributed by atoms with Crippen LogP contribution < -0.4 is 10.9 Å². The molecule has 2 aromatic heterocycles. The third-order valence-corrected chi connectivity index (χ3v) is 5.09. The molecule has 0 bridgehead atoms. The number of nitrogens with one attached hydrogen (secondary N) is 1. The lowest BCUT2D eigenvalue weighted by atomic mass is 10.1. The van der Waals surface area contributed by atoms with Gasteiger partial charge in [0, 0.05) is 43.7 Å². The second-order valence-electron chi connectivity index (χ2n) is 7.28. The van der Waals surface area contributed by atoms with Gasteiger partial charge >= 0.3 is 0 Å². The van der Waals surface area contributed by atoms with Crippen molar-refractivity contribution in [2.75, 3.05) is 5.32 Å². The zero-order chi connectivity index (χ0) is 22.0. The van der Waals surface area contributed by atoms with Gasteiger partial charge in [0.25, 0.3) is 5.56 Å². The number of anilines is 1.